The van der Waals surface area contributed by atoms with Crippen molar-refractivity contribution in [3.63, 3.8) is 0 Å². The first-order valence-electron chi connectivity index (χ1n) is 7.34. The maximum absolute atomic E-state index is 8.49. The van der Waals surface area contributed by atoms with Gasteiger partial charge in [-0.3, -0.25) is 0 Å². The van der Waals surface area contributed by atoms with Crippen LogP contribution in [0, 0.1) is 10.2 Å². The van der Waals surface area contributed by atoms with E-state index >= 15 is 0 Å². The molecule has 0 radical (unpaired) electrons. The first-order chi connectivity index (χ1) is 11.7. The lowest BCUT2D eigenvalue weighted by Gasteiger charge is -2.17. The van der Waals surface area contributed by atoms with Gasteiger partial charge in [0.05, 0.1) is 11.1 Å². The molecule has 7 heteroatoms. The Bertz CT molecular complexity index is 803. The molecule has 0 heterocycles. The highest BCUT2D eigenvalue weighted by molar-refractivity contribution is 8.08. The van der Waals surface area contributed by atoms with Crippen LogP contribution in [0.3, 0.4) is 0 Å². The molecule has 0 atom stereocenters. The van der Waals surface area contributed by atoms with Crippen molar-refractivity contribution in [3.8, 4) is 0 Å². The summed E-state index contributed by atoms with van der Waals surface area (Å²) in [4.78, 5) is 1.37. The lowest BCUT2D eigenvalue weighted by atomic mass is 10.0. The average molecular weight is 380 g/mol. The number of fused-ring (bicyclic) bond motifs is 1. The first-order valence-corrected chi connectivity index (χ1v) is 9.79. The van der Waals surface area contributed by atoms with Crippen molar-refractivity contribution >= 4 is 28.0 Å². The number of hydrogen-bond acceptors (Lipinski definition) is 5. The van der Waals surface area contributed by atoms with Crippen LogP contribution in [0.15, 0.2) is 54.6 Å². The highest BCUT2D eigenvalue weighted by atomic mass is 35.7. The molecule has 25 heavy (non-hydrogen) atoms. The fraction of sp³-hybridized carbons (Fsp3) is 0.167. The van der Waals surface area contributed by atoms with E-state index in [9.17, 15) is 0 Å². The topological polar surface area (TPSA) is 95.2 Å². The molecule has 0 unspecified atom stereocenters. The van der Waals surface area contributed by atoms with Gasteiger partial charge in [-0.1, -0.05) is 48.5 Å². The molecule has 3 rings (SSSR count). The summed E-state index contributed by atoms with van der Waals surface area (Å²) in [5, 5.41) is 0. The molecular formula is C18H18ClNO4S. The number of nitrogens with zero attached hydrogens (tertiary/aromatic N) is 1. The number of thioether (sulfide) groups is 1. The highest BCUT2D eigenvalue weighted by Crippen LogP contribution is 2.43. The molecule has 132 valence electrons. The molecule has 0 aliphatic heterocycles. The van der Waals surface area contributed by atoms with Crippen LogP contribution in [-0.4, -0.2) is 30.6 Å². The molecule has 2 aromatic carbocycles. The van der Waals surface area contributed by atoms with E-state index in [-0.39, 0.29) is 0 Å². The van der Waals surface area contributed by atoms with Crippen molar-refractivity contribution in [2.45, 2.75) is 0 Å². The van der Waals surface area contributed by atoms with Crippen LogP contribution in [0.1, 0.15) is 16.7 Å². The lowest BCUT2D eigenvalue weighted by molar-refractivity contribution is -2.00. The first kappa shape index (κ1) is 19.7. The SMILES string of the molecule is CSC1=C(c2ccccc2)C(=[N+](C)C)c2ccccc21.[O-][Cl+3]([O-])([O-])[O-]. The predicted molar refractivity (Wildman–Crippen MR) is 89.4 cm³/mol. The molecule has 0 saturated heterocycles. The molecular weight excluding hydrogens is 362 g/mol. The normalized spacial score (nSPS) is 13.3. The van der Waals surface area contributed by atoms with Gasteiger partial charge in [-0.25, -0.2) is 23.2 Å². The van der Waals surface area contributed by atoms with E-state index in [0.717, 1.165) is 0 Å². The zero-order valence-corrected chi connectivity index (χ0v) is 15.6. The third-order valence-electron chi connectivity index (χ3n) is 3.60. The van der Waals surface area contributed by atoms with Gasteiger partial charge in [0.15, 0.2) is 0 Å². The Labute approximate surface area is 153 Å². The lowest BCUT2D eigenvalue weighted by Crippen LogP contribution is -2.68. The summed E-state index contributed by atoms with van der Waals surface area (Å²) >= 11 is 1.83. The highest BCUT2D eigenvalue weighted by Gasteiger charge is 2.33. The Hall–Kier alpha value is -1.67. The minimum Gasteiger partial charge on any atom is -0.234 e. The number of rotatable bonds is 2. The second kappa shape index (κ2) is 8.14. The summed E-state index contributed by atoms with van der Waals surface area (Å²) in [6, 6.07) is 19.4. The van der Waals surface area contributed by atoms with Gasteiger partial charge in [0.1, 0.15) is 14.1 Å². The molecule has 2 aromatic rings. The maximum atomic E-state index is 8.49. The molecule has 5 nitrogen and oxygen atoms in total. The number of hydrogen-bond donors (Lipinski definition) is 0. The summed E-state index contributed by atoms with van der Waals surface area (Å²) in [5.74, 6) is 0. The van der Waals surface area contributed by atoms with E-state index in [4.69, 9.17) is 18.6 Å². The Morgan fingerprint density at radius 1 is 0.800 bits per heavy atom. The van der Waals surface area contributed by atoms with Gasteiger partial charge in [-0.05, 0) is 17.9 Å². The fourth-order valence-corrected chi connectivity index (χ4v) is 3.63. The molecule has 0 bridgehead atoms. The Balaban J connectivity index is 0.000000399. The maximum Gasteiger partial charge on any atom is 0.216 e. The predicted octanol–water partition coefficient (Wildman–Crippen LogP) is -0.763. The second-order valence-electron chi connectivity index (χ2n) is 5.44. The van der Waals surface area contributed by atoms with Crippen molar-refractivity contribution in [1.29, 1.82) is 0 Å². The molecule has 1 aliphatic carbocycles. The summed E-state index contributed by atoms with van der Waals surface area (Å²) in [6.45, 7) is 0. The van der Waals surface area contributed by atoms with Crippen LogP contribution in [0.2, 0.25) is 0 Å². The van der Waals surface area contributed by atoms with E-state index in [1.807, 2.05) is 11.8 Å². The molecule has 0 fully saturated rings. The monoisotopic (exact) mass is 379 g/mol. The third-order valence-corrected chi connectivity index (χ3v) is 4.44. The minimum absolute atomic E-state index is 1.29. The van der Waals surface area contributed by atoms with Crippen LogP contribution < -0.4 is 18.6 Å². The zero-order valence-electron chi connectivity index (χ0n) is 14.1. The Morgan fingerprint density at radius 3 is 1.76 bits per heavy atom. The summed E-state index contributed by atoms with van der Waals surface area (Å²) in [5.41, 5.74) is 6.64. The van der Waals surface area contributed by atoms with Crippen LogP contribution in [0.4, 0.5) is 0 Å². The van der Waals surface area contributed by atoms with Gasteiger partial charge >= 0.3 is 0 Å². The van der Waals surface area contributed by atoms with Crippen molar-refractivity contribution in [3.05, 3.63) is 71.3 Å². The summed E-state index contributed by atoms with van der Waals surface area (Å²) < 4.78 is 36.2. The van der Waals surface area contributed by atoms with Crippen LogP contribution >= 0.6 is 11.8 Å². The Morgan fingerprint density at radius 2 is 1.28 bits per heavy atom. The third kappa shape index (κ3) is 4.92. The van der Waals surface area contributed by atoms with Gasteiger partial charge in [0.2, 0.25) is 5.71 Å². The van der Waals surface area contributed by atoms with Crippen LogP contribution in [0.5, 0.6) is 0 Å². The summed E-state index contributed by atoms with van der Waals surface area (Å²) in [7, 11) is -0.698. The van der Waals surface area contributed by atoms with Crippen LogP contribution in [0.25, 0.3) is 10.5 Å². The molecule has 0 amide bonds. The number of halogens is 1. The van der Waals surface area contributed by atoms with Gasteiger partial charge in [-0.15, -0.1) is 22.0 Å². The molecule has 0 N–H and O–H groups in total. The van der Waals surface area contributed by atoms with Gasteiger partial charge < -0.3 is 0 Å². The second-order valence-corrected chi connectivity index (χ2v) is 7.01. The standard InChI is InChI=1S/C18H18NS.ClHO4/c1-19(2)17-14-11-7-8-12-15(14)18(20-3)16(17)13-9-5-4-6-10-13;2-1(3,4)5/h4-12H,1-3H3;(H,2,3,4,5)/q+1;/p-1. The Kier molecular flexibility index (Phi) is 6.40. The van der Waals surface area contributed by atoms with Gasteiger partial charge in [0, 0.05) is 10.5 Å². The smallest absolute Gasteiger partial charge is 0.216 e. The van der Waals surface area contributed by atoms with Crippen molar-refractivity contribution < 1.29 is 33.5 Å². The molecule has 1 aliphatic rings. The van der Waals surface area contributed by atoms with E-state index in [1.165, 1.54) is 32.9 Å². The van der Waals surface area contributed by atoms with Crippen LogP contribution in [-0.2, 0) is 0 Å². The quantitative estimate of drug-likeness (QED) is 0.639. The van der Waals surface area contributed by atoms with E-state index in [1.54, 1.807) is 0 Å². The minimum atomic E-state index is -4.94. The van der Waals surface area contributed by atoms with Crippen molar-refractivity contribution in [2.75, 3.05) is 20.4 Å². The van der Waals surface area contributed by atoms with E-state index in [2.05, 4.69) is 79.5 Å². The van der Waals surface area contributed by atoms with E-state index < -0.39 is 10.2 Å². The average Bonchev–Trinajstić information content (AvgIpc) is 2.88. The zero-order chi connectivity index (χ0) is 18.6. The van der Waals surface area contributed by atoms with Gasteiger partial charge in [0.25, 0.3) is 0 Å². The van der Waals surface area contributed by atoms with Crippen molar-refractivity contribution in [2.24, 2.45) is 0 Å². The van der Waals surface area contributed by atoms with E-state index in [0.29, 0.717) is 0 Å². The largest absolute Gasteiger partial charge is 0.234 e. The summed E-state index contributed by atoms with van der Waals surface area (Å²) in [6.07, 6.45) is 2.16. The molecule has 0 saturated carbocycles. The number of benzene rings is 2. The molecule has 0 spiro atoms. The number of allylic oxidation sites excluding steroid dienone is 1. The van der Waals surface area contributed by atoms with Crippen molar-refractivity contribution in [1.82, 2.24) is 0 Å². The molecule has 0 aromatic heterocycles. The fourth-order valence-electron chi connectivity index (χ4n) is 2.81. The van der Waals surface area contributed by atoms with Gasteiger partial charge in [-0.2, -0.15) is 0 Å².